The number of rotatable bonds is 6. The minimum Gasteiger partial charge on any atom is -0.385 e. The Kier molecular flexibility index (Phi) is 4.65. The van der Waals surface area contributed by atoms with Gasteiger partial charge in [-0.2, -0.15) is 0 Å². The molecule has 0 aromatic carbocycles. The van der Waals surface area contributed by atoms with Crippen molar-refractivity contribution in [3.05, 3.63) is 20.8 Å². The Labute approximate surface area is 106 Å². The highest BCUT2D eigenvalue weighted by Gasteiger charge is 2.24. The molecule has 1 N–H and O–H groups in total. The molecule has 1 aromatic heterocycles. The number of aryl methyl sites for hydroxylation is 1. The molecule has 0 saturated carbocycles. The molecule has 0 radical (unpaired) electrons. The zero-order valence-corrected chi connectivity index (χ0v) is 11.2. The number of hydrogen-bond acceptors (Lipinski definition) is 3. The molecule has 0 saturated heterocycles. The fraction of sp³-hybridized carbons (Fsp3) is 0.667. The van der Waals surface area contributed by atoms with Gasteiger partial charge in [-0.25, -0.2) is 0 Å². The van der Waals surface area contributed by atoms with E-state index >= 15 is 0 Å². The molecule has 1 unspecified atom stereocenters. The highest BCUT2D eigenvalue weighted by Crippen LogP contribution is 2.39. The first-order chi connectivity index (χ1) is 7.81. The molecule has 16 heavy (non-hydrogen) atoms. The fourth-order valence-electron chi connectivity index (χ4n) is 2.19. The van der Waals surface area contributed by atoms with E-state index in [0.717, 1.165) is 23.9 Å². The lowest BCUT2D eigenvalue weighted by Crippen LogP contribution is -2.20. The monoisotopic (exact) mass is 259 g/mol. The minimum absolute atomic E-state index is 0.529. The molecule has 1 aliphatic carbocycles. The van der Waals surface area contributed by atoms with Crippen LogP contribution in [0.3, 0.4) is 0 Å². The first-order valence-electron chi connectivity index (χ1n) is 5.81. The van der Waals surface area contributed by atoms with Crippen LogP contribution >= 0.6 is 22.9 Å². The van der Waals surface area contributed by atoms with Gasteiger partial charge in [0.2, 0.25) is 0 Å². The summed E-state index contributed by atoms with van der Waals surface area (Å²) in [5.74, 6) is 0. The van der Waals surface area contributed by atoms with Crippen LogP contribution < -0.4 is 5.32 Å². The molecule has 1 heterocycles. The van der Waals surface area contributed by atoms with Crippen LogP contribution in [0.15, 0.2) is 6.07 Å². The highest BCUT2D eigenvalue weighted by molar-refractivity contribution is 7.16. The average molecular weight is 260 g/mol. The topological polar surface area (TPSA) is 21.3 Å². The fourth-order valence-corrected chi connectivity index (χ4v) is 3.55. The van der Waals surface area contributed by atoms with Crippen LogP contribution in [0.5, 0.6) is 0 Å². The molecule has 1 aliphatic rings. The molecule has 0 aliphatic heterocycles. The number of halogens is 1. The molecule has 0 amide bonds. The Balaban J connectivity index is 1.75. The second kappa shape index (κ2) is 6.01. The largest absolute Gasteiger partial charge is 0.385 e. The van der Waals surface area contributed by atoms with E-state index < -0.39 is 0 Å². The van der Waals surface area contributed by atoms with Crippen LogP contribution in [0.1, 0.15) is 35.7 Å². The smallest absolute Gasteiger partial charge is 0.0934 e. The number of nitrogens with one attached hydrogen (secondary N) is 1. The Morgan fingerprint density at radius 2 is 2.44 bits per heavy atom. The van der Waals surface area contributed by atoms with Crippen molar-refractivity contribution in [1.82, 2.24) is 5.32 Å². The van der Waals surface area contributed by atoms with Crippen molar-refractivity contribution in [3.63, 3.8) is 0 Å². The maximum absolute atomic E-state index is 6.02. The molecule has 1 aromatic rings. The number of fused-ring (bicyclic) bond motifs is 1. The first kappa shape index (κ1) is 12.4. The SMILES string of the molecule is COCCCCNC1CCc2sc(Cl)cc21. The van der Waals surface area contributed by atoms with Gasteiger partial charge in [0.1, 0.15) is 0 Å². The highest BCUT2D eigenvalue weighted by atomic mass is 35.5. The van der Waals surface area contributed by atoms with Gasteiger partial charge in [0.05, 0.1) is 4.34 Å². The lowest BCUT2D eigenvalue weighted by molar-refractivity contribution is 0.192. The number of hydrogen-bond donors (Lipinski definition) is 1. The average Bonchev–Trinajstić information content (AvgIpc) is 2.78. The number of ether oxygens (including phenoxy) is 1. The van der Waals surface area contributed by atoms with Gasteiger partial charge in [-0.15, -0.1) is 11.3 Å². The summed E-state index contributed by atoms with van der Waals surface area (Å²) in [6.07, 6.45) is 4.72. The van der Waals surface area contributed by atoms with Gasteiger partial charge in [-0.1, -0.05) is 11.6 Å². The number of methoxy groups -OCH3 is 1. The van der Waals surface area contributed by atoms with Crippen molar-refractivity contribution in [2.24, 2.45) is 0 Å². The van der Waals surface area contributed by atoms with E-state index in [0.29, 0.717) is 6.04 Å². The lowest BCUT2D eigenvalue weighted by Gasteiger charge is -2.12. The normalized spacial score (nSPS) is 19.0. The van der Waals surface area contributed by atoms with Gasteiger partial charge in [0.25, 0.3) is 0 Å². The van der Waals surface area contributed by atoms with Crippen LogP contribution in [0, 0.1) is 0 Å². The summed E-state index contributed by atoms with van der Waals surface area (Å²) in [6.45, 7) is 1.93. The molecular formula is C12H18ClNOS. The van der Waals surface area contributed by atoms with Gasteiger partial charge in [-0.3, -0.25) is 0 Å². The molecule has 0 spiro atoms. The predicted molar refractivity (Wildman–Crippen MR) is 69.5 cm³/mol. The second-order valence-corrected chi connectivity index (χ2v) is 5.94. The third-order valence-electron chi connectivity index (χ3n) is 3.01. The Morgan fingerprint density at radius 1 is 1.56 bits per heavy atom. The van der Waals surface area contributed by atoms with E-state index in [-0.39, 0.29) is 0 Å². The predicted octanol–water partition coefficient (Wildman–Crippen LogP) is 3.41. The maximum Gasteiger partial charge on any atom is 0.0934 e. The van der Waals surface area contributed by atoms with Gasteiger partial charge in [-0.05, 0) is 43.9 Å². The number of thiophene rings is 1. The first-order valence-corrected chi connectivity index (χ1v) is 7.01. The molecule has 1 atom stereocenters. The van der Waals surface area contributed by atoms with E-state index in [9.17, 15) is 0 Å². The van der Waals surface area contributed by atoms with Crippen molar-refractivity contribution in [2.45, 2.75) is 31.7 Å². The van der Waals surface area contributed by atoms with Gasteiger partial charge < -0.3 is 10.1 Å². The number of unbranched alkanes of at least 4 members (excludes halogenated alkanes) is 1. The van der Waals surface area contributed by atoms with Crippen molar-refractivity contribution in [2.75, 3.05) is 20.3 Å². The Hall–Kier alpha value is -0.0900. The van der Waals surface area contributed by atoms with Crippen molar-refractivity contribution >= 4 is 22.9 Å². The molecular weight excluding hydrogens is 242 g/mol. The summed E-state index contributed by atoms with van der Waals surface area (Å²) in [5.41, 5.74) is 1.43. The molecule has 0 bridgehead atoms. The van der Waals surface area contributed by atoms with E-state index in [2.05, 4.69) is 11.4 Å². The van der Waals surface area contributed by atoms with E-state index in [1.807, 2.05) is 0 Å². The summed E-state index contributed by atoms with van der Waals surface area (Å²) >= 11 is 7.75. The zero-order valence-electron chi connectivity index (χ0n) is 9.59. The molecule has 2 rings (SSSR count). The summed E-state index contributed by atoms with van der Waals surface area (Å²) in [6, 6.07) is 2.66. The summed E-state index contributed by atoms with van der Waals surface area (Å²) in [5, 5.41) is 3.60. The second-order valence-electron chi connectivity index (χ2n) is 4.17. The summed E-state index contributed by atoms with van der Waals surface area (Å²) in [4.78, 5) is 1.47. The van der Waals surface area contributed by atoms with Crippen molar-refractivity contribution in [3.8, 4) is 0 Å². The zero-order chi connectivity index (χ0) is 11.4. The maximum atomic E-state index is 6.02. The van der Waals surface area contributed by atoms with Crippen LogP contribution in [0.25, 0.3) is 0 Å². The molecule has 4 heteroatoms. The van der Waals surface area contributed by atoms with Crippen molar-refractivity contribution in [1.29, 1.82) is 0 Å². The van der Waals surface area contributed by atoms with E-state index in [4.69, 9.17) is 16.3 Å². The van der Waals surface area contributed by atoms with Gasteiger partial charge in [0, 0.05) is 24.6 Å². The Bertz CT molecular complexity index is 340. The minimum atomic E-state index is 0.529. The van der Waals surface area contributed by atoms with Crippen LogP contribution in [-0.4, -0.2) is 20.3 Å². The van der Waals surface area contributed by atoms with Gasteiger partial charge in [0.15, 0.2) is 0 Å². The quantitative estimate of drug-likeness (QED) is 0.791. The van der Waals surface area contributed by atoms with E-state index in [1.165, 1.54) is 29.7 Å². The van der Waals surface area contributed by atoms with Crippen LogP contribution in [0.2, 0.25) is 4.34 Å². The summed E-state index contributed by atoms with van der Waals surface area (Å²) in [7, 11) is 1.75. The molecule has 2 nitrogen and oxygen atoms in total. The Morgan fingerprint density at radius 3 is 3.25 bits per heavy atom. The molecule has 0 fully saturated rings. The van der Waals surface area contributed by atoms with Gasteiger partial charge >= 0.3 is 0 Å². The molecule has 90 valence electrons. The van der Waals surface area contributed by atoms with Crippen LogP contribution in [0.4, 0.5) is 0 Å². The lowest BCUT2D eigenvalue weighted by atomic mass is 10.1. The third-order valence-corrected chi connectivity index (χ3v) is 4.35. The van der Waals surface area contributed by atoms with Crippen molar-refractivity contribution < 1.29 is 4.74 Å². The van der Waals surface area contributed by atoms with Crippen LogP contribution in [-0.2, 0) is 11.2 Å². The third kappa shape index (κ3) is 2.98. The standard InChI is InChI=1S/C12H18ClNOS/c1-15-7-3-2-6-14-10-4-5-11-9(10)8-12(13)16-11/h8,10,14H,2-7H2,1H3. The summed E-state index contributed by atoms with van der Waals surface area (Å²) < 4.78 is 5.96. The van der Waals surface area contributed by atoms with E-state index in [1.54, 1.807) is 18.4 Å².